The molecule has 1 saturated heterocycles. The van der Waals surface area contributed by atoms with E-state index >= 15 is 0 Å². The summed E-state index contributed by atoms with van der Waals surface area (Å²) in [7, 11) is 0. The van der Waals surface area contributed by atoms with Crippen LogP contribution in [0.15, 0.2) is 24.3 Å². The Labute approximate surface area is 177 Å². The third-order valence-electron chi connectivity index (χ3n) is 6.11. The van der Waals surface area contributed by atoms with Crippen molar-refractivity contribution in [2.24, 2.45) is 0 Å². The number of hydrogen-bond donors (Lipinski definition) is 2. The van der Waals surface area contributed by atoms with Crippen LogP contribution in [-0.2, 0) is 20.8 Å². The topological polar surface area (TPSA) is 98.8 Å². The summed E-state index contributed by atoms with van der Waals surface area (Å²) in [5.74, 6) is -0.678. The lowest BCUT2D eigenvalue weighted by Crippen LogP contribution is -2.48. The second-order valence-corrected chi connectivity index (χ2v) is 8.00. The predicted octanol–water partition coefficient (Wildman–Crippen LogP) is 2.29. The monoisotopic (exact) mass is 414 g/mol. The van der Waals surface area contributed by atoms with Crippen LogP contribution < -0.4 is 10.6 Å². The molecule has 162 valence electrons. The van der Waals surface area contributed by atoms with Crippen LogP contribution in [-0.4, -0.2) is 58.2 Å². The molecular weight excluding hydrogens is 384 g/mol. The van der Waals surface area contributed by atoms with Gasteiger partial charge >= 0.3 is 6.03 Å². The quantitative estimate of drug-likeness (QED) is 0.669. The lowest BCUT2D eigenvalue weighted by Gasteiger charge is -2.23. The lowest BCUT2D eigenvalue weighted by molar-refractivity contribution is -0.136. The number of urea groups is 1. The predicted molar refractivity (Wildman–Crippen MR) is 113 cm³/mol. The molecule has 1 saturated carbocycles. The summed E-state index contributed by atoms with van der Waals surface area (Å²) in [5.41, 5.74) is 0.578. The first-order valence-corrected chi connectivity index (χ1v) is 10.6. The number of imide groups is 1. The Hall–Kier alpha value is -2.90. The van der Waals surface area contributed by atoms with Gasteiger partial charge in [0.2, 0.25) is 11.8 Å². The van der Waals surface area contributed by atoms with E-state index in [1.807, 2.05) is 13.8 Å². The van der Waals surface area contributed by atoms with E-state index < -0.39 is 23.5 Å². The standard InChI is InChI=1S/C22H30N4O4/c1-4-25(5-2)18(27)14-16-8-10-17(11-9-16)23-19(28)15(3)26-20(29)22(24-21(26)30)12-6-7-13-22/h8-11,15H,4-7,12-14H2,1-3H3,(H,23,28)(H,24,30). The van der Waals surface area contributed by atoms with Gasteiger partial charge in [-0.05, 0) is 51.3 Å². The molecule has 5 amide bonds. The number of carbonyl (C=O) groups is 4. The summed E-state index contributed by atoms with van der Waals surface area (Å²) < 4.78 is 0. The summed E-state index contributed by atoms with van der Waals surface area (Å²) in [4.78, 5) is 52.9. The smallest absolute Gasteiger partial charge is 0.325 e. The molecule has 0 radical (unpaired) electrons. The fourth-order valence-corrected chi connectivity index (χ4v) is 4.24. The minimum atomic E-state index is -0.915. The van der Waals surface area contributed by atoms with Crippen LogP contribution >= 0.6 is 0 Å². The molecule has 1 aromatic rings. The van der Waals surface area contributed by atoms with Gasteiger partial charge in [-0.3, -0.25) is 14.4 Å². The van der Waals surface area contributed by atoms with Crippen molar-refractivity contribution in [2.45, 2.75) is 64.5 Å². The highest BCUT2D eigenvalue weighted by Gasteiger charge is 2.54. The summed E-state index contributed by atoms with van der Waals surface area (Å²) in [6.45, 7) is 6.79. The van der Waals surface area contributed by atoms with E-state index in [1.54, 1.807) is 36.1 Å². The number of carbonyl (C=O) groups excluding carboxylic acids is 4. The van der Waals surface area contributed by atoms with Crippen LogP contribution in [0, 0.1) is 0 Å². The van der Waals surface area contributed by atoms with Gasteiger partial charge in [0.05, 0.1) is 6.42 Å². The largest absolute Gasteiger partial charge is 0.343 e. The first kappa shape index (κ1) is 21.8. The molecule has 1 atom stereocenters. The molecule has 2 N–H and O–H groups in total. The number of nitrogens with one attached hydrogen (secondary N) is 2. The van der Waals surface area contributed by atoms with Crippen molar-refractivity contribution < 1.29 is 19.2 Å². The number of nitrogens with zero attached hydrogens (tertiary/aromatic N) is 2. The lowest BCUT2D eigenvalue weighted by atomic mass is 9.97. The zero-order valence-electron chi connectivity index (χ0n) is 17.9. The molecule has 3 rings (SSSR count). The molecule has 30 heavy (non-hydrogen) atoms. The van der Waals surface area contributed by atoms with E-state index in [-0.39, 0.29) is 11.8 Å². The molecule has 8 heteroatoms. The zero-order valence-corrected chi connectivity index (χ0v) is 17.9. The molecule has 2 aliphatic rings. The van der Waals surface area contributed by atoms with Crippen molar-refractivity contribution in [2.75, 3.05) is 18.4 Å². The third kappa shape index (κ3) is 4.17. The van der Waals surface area contributed by atoms with Gasteiger partial charge in [-0.15, -0.1) is 0 Å². The normalized spacial score (nSPS) is 18.4. The minimum Gasteiger partial charge on any atom is -0.343 e. The maximum Gasteiger partial charge on any atom is 0.325 e. The van der Waals surface area contributed by atoms with E-state index in [0.717, 1.165) is 23.3 Å². The zero-order chi connectivity index (χ0) is 21.9. The van der Waals surface area contributed by atoms with Gasteiger partial charge in [0, 0.05) is 18.8 Å². The second-order valence-electron chi connectivity index (χ2n) is 8.00. The van der Waals surface area contributed by atoms with Crippen LogP contribution in [0.25, 0.3) is 0 Å². The van der Waals surface area contributed by atoms with Crippen molar-refractivity contribution in [3.8, 4) is 0 Å². The van der Waals surface area contributed by atoms with Gasteiger partial charge < -0.3 is 15.5 Å². The Kier molecular flexibility index (Phi) is 6.43. The average molecular weight is 415 g/mol. The van der Waals surface area contributed by atoms with Gasteiger partial charge in [0.25, 0.3) is 5.91 Å². The second kappa shape index (κ2) is 8.85. The Balaban J connectivity index is 1.61. The molecule has 1 aromatic carbocycles. The maximum atomic E-state index is 12.8. The van der Waals surface area contributed by atoms with Gasteiger partial charge in [0.15, 0.2) is 0 Å². The number of rotatable bonds is 7. The molecular formula is C22H30N4O4. The van der Waals surface area contributed by atoms with Gasteiger partial charge in [-0.1, -0.05) is 25.0 Å². The highest BCUT2D eigenvalue weighted by molar-refractivity contribution is 6.11. The van der Waals surface area contributed by atoms with Crippen molar-refractivity contribution in [1.82, 2.24) is 15.1 Å². The molecule has 2 fully saturated rings. The van der Waals surface area contributed by atoms with E-state index in [9.17, 15) is 19.2 Å². The maximum absolute atomic E-state index is 12.8. The van der Waals surface area contributed by atoms with E-state index in [2.05, 4.69) is 10.6 Å². The highest BCUT2D eigenvalue weighted by atomic mass is 16.2. The summed E-state index contributed by atoms with van der Waals surface area (Å²) in [6, 6.07) is 5.61. The molecule has 1 unspecified atom stereocenters. The van der Waals surface area contributed by atoms with Crippen molar-refractivity contribution in [3.05, 3.63) is 29.8 Å². The van der Waals surface area contributed by atoms with Crippen LogP contribution in [0.3, 0.4) is 0 Å². The Bertz CT molecular complexity index is 826. The van der Waals surface area contributed by atoms with Crippen LogP contribution in [0.1, 0.15) is 52.0 Å². The molecule has 1 aliphatic heterocycles. The number of anilines is 1. The van der Waals surface area contributed by atoms with E-state index in [4.69, 9.17) is 0 Å². The fraction of sp³-hybridized carbons (Fsp3) is 0.545. The van der Waals surface area contributed by atoms with Crippen molar-refractivity contribution in [3.63, 3.8) is 0 Å². The summed E-state index contributed by atoms with van der Waals surface area (Å²) in [5, 5.41) is 5.55. The van der Waals surface area contributed by atoms with Crippen molar-refractivity contribution in [1.29, 1.82) is 0 Å². The Morgan fingerprint density at radius 1 is 1.13 bits per heavy atom. The Morgan fingerprint density at radius 2 is 1.73 bits per heavy atom. The van der Waals surface area contributed by atoms with Crippen LogP contribution in [0.4, 0.5) is 10.5 Å². The number of benzene rings is 1. The van der Waals surface area contributed by atoms with Crippen LogP contribution in [0.5, 0.6) is 0 Å². The molecule has 1 aliphatic carbocycles. The molecule has 0 bridgehead atoms. The number of amides is 5. The molecule has 1 heterocycles. The summed E-state index contributed by atoms with van der Waals surface area (Å²) in [6.07, 6.45) is 3.33. The minimum absolute atomic E-state index is 0.0600. The van der Waals surface area contributed by atoms with Gasteiger partial charge in [0.1, 0.15) is 11.6 Å². The average Bonchev–Trinajstić information content (AvgIpc) is 3.28. The molecule has 8 nitrogen and oxygen atoms in total. The van der Waals surface area contributed by atoms with Gasteiger partial charge in [-0.25, -0.2) is 9.69 Å². The van der Waals surface area contributed by atoms with Gasteiger partial charge in [-0.2, -0.15) is 0 Å². The van der Waals surface area contributed by atoms with E-state index in [1.165, 1.54) is 0 Å². The fourth-order valence-electron chi connectivity index (χ4n) is 4.24. The van der Waals surface area contributed by atoms with E-state index in [0.29, 0.717) is 38.0 Å². The van der Waals surface area contributed by atoms with Crippen LogP contribution in [0.2, 0.25) is 0 Å². The SMILES string of the molecule is CCN(CC)C(=O)Cc1ccc(NC(=O)C(C)N2C(=O)NC3(CCCC3)C2=O)cc1. The van der Waals surface area contributed by atoms with Crippen molar-refractivity contribution >= 4 is 29.4 Å². The summed E-state index contributed by atoms with van der Waals surface area (Å²) >= 11 is 0. The third-order valence-corrected chi connectivity index (χ3v) is 6.11. The highest BCUT2D eigenvalue weighted by Crippen LogP contribution is 2.35. The molecule has 1 spiro atoms. The number of hydrogen-bond acceptors (Lipinski definition) is 4. The first-order chi connectivity index (χ1) is 14.3. The Morgan fingerprint density at radius 3 is 2.30 bits per heavy atom. The molecule has 0 aromatic heterocycles. The first-order valence-electron chi connectivity index (χ1n) is 10.6. The number of likely N-dealkylation sites (N-methyl/N-ethyl adjacent to an activating group) is 1.